The van der Waals surface area contributed by atoms with Gasteiger partial charge in [-0.1, -0.05) is 32.9 Å². The monoisotopic (exact) mass is 499 g/mol. The van der Waals surface area contributed by atoms with Crippen molar-refractivity contribution in [2.75, 3.05) is 21.3 Å². The summed E-state index contributed by atoms with van der Waals surface area (Å²) in [5, 5.41) is 0.429. The topological polar surface area (TPSA) is 73.7 Å². The van der Waals surface area contributed by atoms with E-state index in [0.29, 0.717) is 39.5 Å². The van der Waals surface area contributed by atoms with E-state index < -0.39 is 6.04 Å². The van der Waals surface area contributed by atoms with Crippen molar-refractivity contribution < 1.29 is 14.3 Å². The van der Waals surface area contributed by atoms with Gasteiger partial charge in [0.05, 0.1) is 36.9 Å². The number of nitrogens with zero attached hydrogens (tertiary/aromatic N) is 3. The van der Waals surface area contributed by atoms with Gasteiger partial charge in [-0.3, -0.25) is 14.2 Å². The maximum Gasteiger partial charge on any atom is 0.266 e. The van der Waals surface area contributed by atoms with Gasteiger partial charge >= 0.3 is 0 Å². The molecule has 1 amide bonds. The molecular weight excluding hydrogens is 466 g/mol. The Morgan fingerprint density at radius 1 is 0.919 bits per heavy atom. The SMILES string of the molecule is COc1ccc(-n2c(C(C)N(C)C(=O)c3ccc(C(C)(C)C)cc3)nc3ccc(OC)cc3c2=O)cc1. The quantitative estimate of drug-likeness (QED) is 0.349. The Morgan fingerprint density at radius 2 is 1.51 bits per heavy atom. The van der Waals surface area contributed by atoms with E-state index in [-0.39, 0.29) is 16.9 Å². The second-order valence-corrected chi connectivity index (χ2v) is 10.1. The van der Waals surface area contributed by atoms with Crippen LogP contribution in [0, 0.1) is 0 Å². The minimum absolute atomic E-state index is 0.00704. The maximum absolute atomic E-state index is 13.8. The second-order valence-electron chi connectivity index (χ2n) is 10.1. The first-order chi connectivity index (χ1) is 17.5. The first-order valence-corrected chi connectivity index (χ1v) is 12.2. The van der Waals surface area contributed by atoms with Crippen LogP contribution in [0.15, 0.2) is 71.5 Å². The highest BCUT2D eigenvalue weighted by molar-refractivity contribution is 5.94. The van der Waals surface area contributed by atoms with Crippen molar-refractivity contribution in [2.45, 2.75) is 39.2 Å². The van der Waals surface area contributed by atoms with Gasteiger partial charge in [0.1, 0.15) is 17.3 Å². The van der Waals surface area contributed by atoms with E-state index in [9.17, 15) is 9.59 Å². The van der Waals surface area contributed by atoms with E-state index in [0.717, 1.165) is 5.56 Å². The lowest BCUT2D eigenvalue weighted by Crippen LogP contribution is -2.35. The Balaban J connectivity index is 1.81. The molecule has 1 atom stereocenters. The molecule has 7 nitrogen and oxygen atoms in total. The molecule has 1 heterocycles. The highest BCUT2D eigenvalue weighted by Gasteiger charge is 2.25. The number of carbonyl (C=O) groups excluding carboxylic acids is 1. The van der Waals surface area contributed by atoms with Crippen LogP contribution in [0.3, 0.4) is 0 Å². The molecule has 0 saturated carbocycles. The molecule has 0 spiro atoms. The van der Waals surface area contributed by atoms with E-state index in [2.05, 4.69) is 20.8 Å². The van der Waals surface area contributed by atoms with Crippen LogP contribution >= 0.6 is 0 Å². The number of aromatic nitrogens is 2. The Bertz CT molecular complexity index is 1480. The van der Waals surface area contributed by atoms with E-state index in [1.807, 2.05) is 31.2 Å². The molecule has 37 heavy (non-hydrogen) atoms. The first kappa shape index (κ1) is 25.9. The third-order valence-electron chi connectivity index (χ3n) is 6.70. The number of methoxy groups -OCH3 is 2. The fraction of sp³-hybridized carbons (Fsp3) is 0.300. The van der Waals surface area contributed by atoms with Gasteiger partial charge in [-0.2, -0.15) is 0 Å². The molecule has 1 aromatic heterocycles. The molecular formula is C30H33N3O4. The molecule has 0 radical (unpaired) electrons. The van der Waals surface area contributed by atoms with Crippen molar-refractivity contribution in [1.82, 2.24) is 14.5 Å². The number of benzene rings is 3. The van der Waals surface area contributed by atoms with E-state index in [1.165, 1.54) is 0 Å². The number of fused-ring (bicyclic) bond motifs is 1. The summed E-state index contributed by atoms with van der Waals surface area (Å²) in [5.74, 6) is 1.54. The normalized spacial score (nSPS) is 12.3. The van der Waals surface area contributed by atoms with Crippen molar-refractivity contribution in [3.8, 4) is 17.2 Å². The number of ether oxygens (including phenoxy) is 2. The van der Waals surface area contributed by atoms with Crippen molar-refractivity contribution in [3.63, 3.8) is 0 Å². The summed E-state index contributed by atoms with van der Waals surface area (Å²) in [6.07, 6.45) is 0. The smallest absolute Gasteiger partial charge is 0.266 e. The number of hydrogen-bond donors (Lipinski definition) is 0. The van der Waals surface area contributed by atoms with Crippen LogP contribution in [-0.2, 0) is 5.41 Å². The highest BCUT2D eigenvalue weighted by atomic mass is 16.5. The van der Waals surface area contributed by atoms with Crippen molar-refractivity contribution >= 4 is 16.8 Å². The summed E-state index contributed by atoms with van der Waals surface area (Å²) in [7, 11) is 4.88. The van der Waals surface area contributed by atoms with E-state index in [1.54, 1.807) is 73.2 Å². The largest absolute Gasteiger partial charge is 0.497 e. The maximum atomic E-state index is 13.8. The number of rotatable bonds is 6. The summed E-state index contributed by atoms with van der Waals surface area (Å²) in [6, 6.07) is 19.6. The number of amides is 1. The van der Waals surface area contributed by atoms with Crippen LogP contribution in [0.1, 0.15) is 55.5 Å². The third-order valence-corrected chi connectivity index (χ3v) is 6.70. The molecule has 7 heteroatoms. The van der Waals surface area contributed by atoms with Gasteiger partial charge in [0.2, 0.25) is 0 Å². The Hall–Kier alpha value is -4.13. The molecule has 0 saturated heterocycles. The average Bonchev–Trinajstić information content (AvgIpc) is 2.91. The molecule has 3 aromatic carbocycles. The van der Waals surface area contributed by atoms with Crippen LogP contribution in [0.5, 0.6) is 11.5 Å². The van der Waals surface area contributed by atoms with Crippen LogP contribution in [0.4, 0.5) is 0 Å². The predicted molar refractivity (Wildman–Crippen MR) is 146 cm³/mol. The van der Waals surface area contributed by atoms with E-state index >= 15 is 0 Å². The number of carbonyl (C=O) groups is 1. The molecule has 4 aromatic rings. The van der Waals surface area contributed by atoms with Gasteiger partial charge < -0.3 is 14.4 Å². The van der Waals surface area contributed by atoms with Gasteiger partial charge in [0.15, 0.2) is 0 Å². The molecule has 0 bridgehead atoms. The van der Waals surface area contributed by atoms with Crippen molar-refractivity contribution in [2.24, 2.45) is 0 Å². The molecule has 0 fully saturated rings. The fourth-order valence-electron chi connectivity index (χ4n) is 4.24. The Morgan fingerprint density at radius 3 is 2.08 bits per heavy atom. The molecule has 0 aliphatic carbocycles. The molecule has 1 unspecified atom stereocenters. The Kier molecular flexibility index (Phi) is 7.07. The van der Waals surface area contributed by atoms with Gasteiger partial charge in [-0.05, 0) is 72.5 Å². The minimum atomic E-state index is -0.504. The highest BCUT2D eigenvalue weighted by Crippen LogP contribution is 2.27. The minimum Gasteiger partial charge on any atom is -0.497 e. The summed E-state index contributed by atoms with van der Waals surface area (Å²) >= 11 is 0. The zero-order valence-electron chi connectivity index (χ0n) is 22.4. The van der Waals surface area contributed by atoms with Crippen LogP contribution < -0.4 is 15.0 Å². The lowest BCUT2D eigenvalue weighted by molar-refractivity contribution is 0.0735. The lowest BCUT2D eigenvalue weighted by Gasteiger charge is -2.27. The molecule has 0 aliphatic rings. The molecule has 4 rings (SSSR count). The fourth-order valence-corrected chi connectivity index (χ4v) is 4.24. The average molecular weight is 500 g/mol. The number of hydrogen-bond acceptors (Lipinski definition) is 5. The molecule has 0 aliphatic heterocycles. The van der Waals surface area contributed by atoms with E-state index in [4.69, 9.17) is 14.5 Å². The lowest BCUT2D eigenvalue weighted by atomic mass is 9.86. The first-order valence-electron chi connectivity index (χ1n) is 12.2. The van der Waals surface area contributed by atoms with Gasteiger partial charge in [-0.15, -0.1) is 0 Å². The summed E-state index contributed by atoms with van der Waals surface area (Å²) in [5.41, 5.74) is 2.64. The second kappa shape index (κ2) is 10.1. The standard InChI is InChI=1S/C30H33N3O4/c1-19(32(5)28(34)20-8-10-21(11-9-20)30(2,3)4)27-31-26-17-16-24(37-7)18-25(26)29(35)33(27)22-12-14-23(36-6)15-13-22/h8-19H,1-7H3. The van der Waals surface area contributed by atoms with Crippen molar-refractivity contribution in [1.29, 1.82) is 0 Å². The Labute approximate surface area is 217 Å². The van der Waals surface area contributed by atoms with Gasteiger partial charge in [0.25, 0.3) is 11.5 Å². The molecule has 192 valence electrons. The zero-order chi connectivity index (χ0) is 26.9. The van der Waals surface area contributed by atoms with Gasteiger partial charge in [0, 0.05) is 12.6 Å². The summed E-state index contributed by atoms with van der Waals surface area (Å²) in [6.45, 7) is 8.28. The zero-order valence-corrected chi connectivity index (χ0v) is 22.4. The predicted octanol–water partition coefficient (Wildman–Crippen LogP) is 5.53. The summed E-state index contributed by atoms with van der Waals surface area (Å²) in [4.78, 5) is 33.7. The molecule has 0 N–H and O–H groups in total. The van der Waals surface area contributed by atoms with Gasteiger partial charge in [-0.25, -0.2) is 4.98 Å². The van der Waals surface area contributed by atoms with Crippen LogP contribution in [0.25, 0.3) is 16.6 Å². The summed E-state index contributed by atoms with van der Waals surface area (Å²) < 4.78 is 12.2. The van der Waals surface area contributed by atoms with Crippen LogP contribution in [0.2, 0.25) is 0 Å². The third kappa shape index (κ3) is 5.07. The van der Waals surface area contributed by atoms with Crippen LogP contribution in [-0.4, -0.2) is 41.6 Å². The van der Waals surface area contributed by atoms with Crippen molar-refractivity contribution in [3.05, 3.63) is 94.0 Å².